The van der Waals surface area contributed by atoms with Crippen LogP contribution in [0.2, 0.25) is 0 Å². The minimum absolute atomic E-state index is 0.323. The fourth-order valence-corrected chi connectivity index (χ4v) is 2.00. The number of hydrogen-bond acceptors (Lipinski definition) is 3. The maximum Gasteiger partial charge on any atom is 0.257 e. The number of nitrogens with one attached hydrogen (secondary N) is 1. The molecule has 0 radical (unpaired) electrons. The highest BCUT2D eigenvalue weighted by atomic mass is 79.9. The lowest BCUT2D eigenvalue weighted by Gasteiger charge is -2.08. The number of rotatable bonds is 3. The lowest BCUT2D eigenvalue weighted by Crippen LogP contribution is -2.15. The second-order valence-electron chi connectivity index (χ2n) is 4.13. The van der Waals surface area contributed by atoms with Gasteiger partial charge in [-0.2, -0.15) is 0 Å². The number of carbonyl (C=O) groups excluding carboxylic acids is 2. The molecule has 0 saturated heterocycles. The first kappa shape index (κ1) is 14.1. The third-order valence-electron chi connectivity index (χ3n) is 2.69. The Morgan fingerprint density at radius 3 is 2.30 bits per heavy atom. The predicted octanol–water partition coefficient (Wildman–Crippen LogP) is 2.38. The number of amides is 2. The molecule has 5 nitrogen and oxygen atoms in total. The van der Waals surface area contributed by atoms with Crippen LogP contribution in [0.1, 0.15) is 20.7 Å². The Kier molecular flexibility index (Phi) is 4.05. The van der Waals surface area contributed by atoms with Crippen molar-refractivity contribution in [3.8, 4) is 0 Å². The van der Waals surface area contributed by atoms with Gasteiger partial charge in [-0.3, -0.25) is 9.59 Å². The van der Waals surface area contributed by atoms with Gasteiger partial charge in [0.2, 0.25) is 5.91 Å². The van der Waals surface area contributed by atoms with E-state index < -0.39 is 5.91 Å². The summed E-state index contributed by atoms with van der Waals surface area (Å²) in [6, 6.07) is 11.3. The average molecular weight is 334 g/mol. The molecule has 6 heteroatoms. The van der Waals surface area contributed by atoms with Crippen LogP contribution in [0, 0.1) is 0 Å². The van der Waals surface area contributed by atoms with Gasteiger partial charge in [0.25, 0.3) is 5.91 Å². The first-order valence-corrected chi connectivity index (χ1v) is 6.53. The van der Waals surface area contributed by atoms with E-state index in [1.807, 2.05) is 0 Å². The van der Waals surface area contributed by atoms with Crippen LogP contribution in [0.15, 0.2) is 46.9 Å². The van der Waals surface area contributed by atoms with Crippen molar-refractivity contribution < 1.29 is 9.59 Å². The molecule has 20 heavy (non-hydrogen) atoms. The number of anilines is 2. The number of halogens is 1. The summed E-state index contributed by atoms with van der Waals surface area (Å²) < 4.78 is 0.765. The van der Waals surface area contributed by atoms with Crippen molar-refractivity contribution in [3.63, 3.8) is 0 Å². The summed E-state index contributed by atoms with van der Waals surface area (Å²) in [5.74, 6) is -0.838. The van der Waals surface area contributed by atoms with E-state index in [0.29, 0.717) is 22.5 Å². The monoisotopic (exact) mass is 333 g/mol. The van der Waals surface area contributed by atoms with Gasteiger partial charge in [-0.25, -0.2) is 0 Å². The van der Waals surface area contributed by atoms with Crippen molar-refractivity contribution >= 4 is 39.1 Å². The summed E-state index contributed by atoms with van der Waals surface area (Å²) in [7, 11) is 0. The van der Waals surface area contributed by atoms with Gasteiger partial charge in [0.15, 0.2) is 0 Å². The number of primary amides is 1. The molecule has 2 rings (SSSR count). The Hall–Kier alpha value is -2.34. The first-order valence-electron chi connectivity index (χ1n) is 5.73. The molecule has 0 fully saturated rings. The number of carbonyl (C=O) groups is 2. The van der Waals surface area contributed by atoms with E-state index in [-0.39, 0.29) is 5.91 Å². The van der Waals surface area contributed by atoms with Crippen molar-refractivity contribution in [1.29, 1.82) is 0 Å². The van der Waals surface area contributed by atoms with E-state index in [4.69, 9.17) is 11.5 Å². The molecule has 0 saturated carbocycles. The molecule has 0 unspecified atom stereocenters. The minimum Gasteiger partial charge on any atom is -0.398 e. The molecule has 0 aliphatic rings. The second-order valence-corrected chi connectivity index (χ2v) is 5.04. The van der Waals surface area contributed by atoms with E-state index >= 15 is 0 Å². The summed E-state index contributed by atoms with van der Waals surface area (Å²) in [6.45, 7) is 0. The van der Waals surface area contributed by atoms with Gasteiger partial charge in [0.05, 0.1) is 5.56 Å². The number of hydrogen-bond donors (Lipinski definition) is 3. The van der Waals surface area contributed by atoms with Crippen LogP contribution < -0.4 is 16.8 Å². The maximum absolute atomic E-state index is 12.1. The maximum atomic E-state index is 12.1. The van der Waals surface area contributed by atoms with Crippen LogP contribution in [0.4, 0.5) is 11.4 Å². The molecule has 0 bridgehead atoms. The highest BCUT2D eigenvalue weighted by Crippen LogP contribution is 2.20. The Bertz CT molecular complexity index is 669. The van der Waals surface area contributed by atoms with Crippen molar-refractivity contribution in [3.05, 3.63) is 58.1 Å². The molecule has 0 aliphatic carbocycles. The van der Waals surface area contributed by atoms with Crippen molar-refractivity contribution in [2.45, 2.75) is 0 Å². The Labute approximate surface area is 124 Å². The number of nitrogen functional groups attached to an aromatic ring is 1. The topological polar surface area (TPSA) is 98.2 Å². The van der Waals surface area contributed by atoms with Gasteiger partial charge in [-0.05, 0) is 42.5 Å². The van der Waals surface area contributed by atoms with Gasteiger partial charge in [0, 0.05) is 21.4 Å². The SMILES string of the molecule is NC(=O)c1ccc(NC(=O)c2cc(Br)ccc2N)cc1. The Morgan fingerprint density at radius 1 is 1.05 bits per heavy atom. The predicted molar refractivity (Wildman–Crippen MR) is 81.5 cm³/mol. The van der Waals surface area contributed by atoms with E-state index in [2.05, 4.69) is 21.2 Å². The molecule has 0 spiro atoms. The fraction of sp³-hybridized carbons (Fsp3) is 0. The van der Waals surface area contributed by atoms with Crippen LogP contribution in [0.3, 0.4) is 0 Å². The molecule has 0 aliphatic heterocycles. The van der Waals surface area contributed by atoms with Crippen molar-refractivity contribution in [2.24, 2.45) is 5.73 Å². The fourth-order valence-electron chi connectivity index (χ4n) is 1.64. The molecule has 2 amide bonds. The Balaban J connectivity index is 2.19. The molecule has 0 atom stereocenters. The summed E-state index contributed by atoms with van der Waals surface area (Å²) in [5.41, 5.74) is 12.6. The largest absolute Gasteiger partial charge is 0.398 e. The second kappa shape index (κ2) is 5.75. The molecule has 2 aromatic carbocycles. The van der Waals surface area contributed by atoms with Crippen LogP contribution >= 0.6 is 15.9 Å². The van der Waals surface area contributed by atoms with E-state index in [9.17, 15) is 9.59 Å². The lowest BCUT2D eigenvalue weighted by molar-refractivity contribution is 0.0998. The van der Waals surface area contributed by atoms with E-state index in [1.54, 1.807) is 42.5 Å². The van der Waals surface area contributed by atoms with Gasteiger partial charge < -0.3 is 16.8 Å². The van der Waals surface area contributed by atoms with Gasteiger partial charge in [-0.15, -0.1) is 0 Å². The third kappa shape index (κ3) is 3.16. The summed E-state index contributed by atoms with van der Waals surface area (Å²) >= 11 is 3.29. The van der Waals surface area contributed by atoms with Crippen molar-refractivity contribution in [2.75, 3.05) is 11.1 Å². The van der Waals surface area contributed by atoms with Crippen LogP contribution in [0.5, 0.6) is 0 Å². The molecule has 2 aromatic rings. The normalized spacial score (nSPS) is 10.1. The van der Waals surface area contributed by atoms with Gasteiger partial charge >= 0.3 is 0 Å². The average Bonchev–Trinajstić information content (AvgIpc) is 2.42. The summed E-state index contributed by atoms with van der Waals surface area (Å²) in [6.07, 6.45) is 0. The molecular weight excluding hydrogens is 322 g/mol. The van der Waals surface area contributed by atoms with Crippen LogP contribution in [0.25, 0.3) is 0 Å². The lowest BCUT2D eigenvalue weighted by atomic mass is 10.1. The smallest absolute Gasteiger partial charge is 0.257 e. The van der Waals surface area contributed by atoms with Gasteiger partial charge in [-0.1, -0.05) is 15.9 Å². The highest BCUT2D eigenvalue weighted by molar-refractivity contribution is 9.10. The zero-order chi connectivity index (χ0) is 14.7. The quantitative estimate of drug-likeness (QED) is 0.752. The zero-order valence-electron chi connectivity index (χ0n) is 10.4. The minimum atomic E-state index is -0.515. The molecule has 0 heterocycles. The summed E-state index contributed by atoms with van der Waals surface area (Å²) in [4.78, 5) is 23.1. The molecular formula is C14H12BrN3O2. The highest BCUT2D eigenvalue weighted by Gasteiger charge is 2.10. The number of nitrogens with two attached hydrogens (primary N) is 2. The van der Waals surface area contributed by atoms with E-state index in [1.165, 1.54) is 0 Å². The zero-order valence-corrected chi connectivity index (χ0v) is 12.0. The van der Waals surface area contributed by atoms with Crippen molar-refractivity contribution in [1.82, 2.24) is 0 Å². The van der Waals surface area contributed by atoms with Crippen LogP contribution in [-0.4, -0.2) is 11.8 Å². The number of benzene rings is 2. The van der Waals surface area contributed by atoms with Crippen LogP contribution in [-0.2, 0) is 0 Å². The third-order valence-corrected chi connectivity index (χ3v) is 3.18. The first-order chi connectivity index (χ1) is 9.47. The van der Waals surface area contributed by atoms with E-state index in [0.717, 1.165) is 4.47 Å². The summed E-state index contributed by atoms with van der Waals surface area (Å²) in [5, 5.41) is 2.70. The standard InChI is InChI=1S/C14H12BrN3O2/c15-9-3-6-12(16)11(7-9)14(20)18-10-4-1-8(2-5-10)13(17)19/h1-7H,16H2,(H2,17,19)(H,18,20). The molecule has 5 N–H and O–H groups in total. The Morgan fingerprint density at radius 2 is 1.70 bits per heavy atom. The molecule has 0 aromatic heterocycles. The van der Waals surface area contributed by atoms with Gasteiger partial charge in [0.1, 0.15) is 0 Å². The molecule has 102 valence electrons.